The van der Waals surface area contributed by atoms with Crippen LogP contribution in [0.2, 0.25) is 0 Å². The first kappa shape index (κ1) is 20.4. The molecule has 1 atom stereocenters. The lowest BCUT2D eigenvalue weighted by atomic mass is 10.1. The van der Waals surface area contributed by atoms with E-state index in [-0.39, 0.29) is 24.4 Å². The molecule has 0 saturated carbocycles. The zero-order valence-electron chi connectivity index (χ0n) is 15.6. The minimum absolute atomic E-state index is 0.0280. The van der Waals surface area contributed by atoms with Crippen LogP contribution < -0.4 is 4.74 Å². The Bertz CT molecular complexity index is 765. The first-order valence-corrected chi connectivity index (χ1v) is 9.06. The lowest BCUT2D eigenvalue weighted by Gasteiger charge is -2.12. The van der Waals surface area contributed by atoms with Gasteiger partial charge in [0.05, 0.1) is 13.0 Å². The van der Waals surface area contributed by atoms with E-state index >= 15 is 0 Å². The third kappa shape index (κ3) is 6.37. The molecule has 0 N–H and O–H groups in total. The zero-order valence-corrected chi connectivity index (χ0v) is 15.6. The molecule has 0 bridgehead atoms. The average molecular weight is 368 g/mol. The van der Waals surface area contributed by atoms with Gasteiger partial charge in [0, 0.05) is 17.5 Å². The van der Waals surface area contributed by atoms with Crippen LogP contribution in [-0.2, 0) is 9.53 Å². The minimum Gasteiger partial charge on any atom is -0.494 e. The molecule has 0 aromatic heterocycles. The van der Waals surface area contributed by atoms with Gasteiger partial charge in [-0.05, 0) is 37.6 Å². The van der Waals surface area contributed by atoms with Crippen molar-refractivity contribution in [2.45, 2.75) is 39.2 Å². The van der Waals surface area contributed by atoms with Gasteiger partial charge < -0.3 is 9.47 Å². The second kappa shape index (κ2) is 10.3. The summed E-state index contributed by atoms with van der Waals surface area (Å²) in [6, 6.07) is 15.5. The standard InChI is InChI=1S/C22H24O5/c1-3-15-26-19-11-9-17(10-12-19)20(23)13-14-21(24)27-16(2)22(25)18-7-5-4-6-8-18/h4-12,16H,3,13-15H2,1-2H3. The van der Waals surface area contributed by atoms with Crippen molar-refractivity contribution in [2.24, 2.45) is 0 Å². The quantitative estimate of drug-likeness (QED) is 0.463. The molecule has 0 heterocycles. The molecule has 1 unspecified atom stereocenters. The number of Topliss-reactive ketones (excluding diaryl/α,β-unsaturated/α-hetero) is 2. The fourth-order valence-corrected chi connectivity index (χ4v) is 2.46. The highest BCUT2D eigenvalue weighted by Gasteiger charge is 2.20. The van der Waals surface area contributed by atoms with Gasteiger partial charge in [-0.15, -0.1) is 0 Å². The van der Waals surface area contributed by atoms with Crippen molar-refractivity contribution < 1.29 is 23.9 Å². The lowest BCUT2D eigenvalue weighted by molar-refractivity contribution is -0.146. The number of rotatable bonds is 10. The predicted molar refractivity (Wildman–Crippen MR) is 102 cm³/mol. The summed E-state index contributed by atoms with van der Waals surface area (Å²) >= 11 is 0. The molecule has 2 rings (SSSR count). The first-order chi connectivity index (χ1) is 13.0. The first-order valence-electron chi connectivity index (χ1n) is 9.06. The summed E-state index contributed by atoms with van der Waals surface area (Å²) in [5.41, 5.74) is 0.999. The third-order valence-corrected chi connectivity index (χ3v) is 3.94. The van der Waals surface area contributed by atoms with E-state index in [2.05, 4.69) is 0 Å². The molecule has 0 amide bonds. The molecule has 2 aromatic carbocycles. The molecule has 0 aliphatic rings. The highest BCUT2D eigenvalue weighted by molar-refractivity contribution is 6.00. The molecule has 0 fully saturated rings. The second-order valence-electron chi connectivity index (χ2n) is 6.16. The van der Waals surface area contributed by atoms with Crippen LogP contribution in [0.1, 0.15) is 53.8 Å². The van der Waals surface area contributed by atoms with E-state index in [0.29, 0.717) is 23.5 Å². The molecule has 0 aliphatic carbocycles. The van der Waals surface area contributed by atoms with Gasteiger partial charge in [0.15, 0.2) is 11.9 Å². The second-order valence-corrected chi connectivity index (χ2v) is 6.16. The van der Waals surface area contributed by atoms with Gasteiger partial charge in [-0.25, -0.2) is 0 Å². The van der Waals surface area contributed by atoms with Crippen molar-refractivity contribution in [3.8, 4) is 5.75 Å². The fourth-order valence-electron chi connectivity index (χ4n) is 2.46. The van der Waals surface area contributed by atoms with Crippen molar-refractivity contribution in [2.75, 3.05) is 6.61 Å². The van der Waals surface area contributed by atoms with E-state index < -0.39 is 12.1 Å². The molecule has 0 spiro atoms. The Morgan fingerprint density at radius 3 is 2.19 bits per heavy atom. The van der Waals surface area contributed by atoms with Gasteiger partial charge in [-0.3, -0.25) is 14.4 Å². The van der Waals surface area contributed by atoms with Crippen LogP contribution in [0, 0.1) is 0 Å². The van der Waals surface area contributed by atoms with Crippen LogP contribution in [0.3, 0.4) is 0 Å². The highest BCUT2D eigenvalue weighted by atomic mass is 16.5. The predicted octanol–water partition coefficient (Wildman–Crippen LogP) is 4.25. The van der Waals surface area contributed by atoms with Crippen molar-refractivity contribution in [3.63, 3.8) is 0 Å². The number of hydrogen-bond donors (Lipinski definition) is 0. The average Bonchev–Trinajstić information content (AvgIpc) is 2.70. The molecular formula is C22H24O5. The smallest absolute Gasteiger partial charge is 0.306 e. The number of ether oxygens (including phenoxy) is 2. The van der Waals surface area contributed by atoms with Crippen LogP contribution in [0.15, 0.2) is 54.6 Å². The highest BCUT2D eigenvalue weighted by Crippen LogP contribution is 2.15. The molecule has 0 aliphatic heterocycles. The molecule has 27 heavy (non-hydrogen) atoms. The van der Waals surface area contributed by atoms with Gasteiger partial charge in [-0.2, -0.15) is 0 Å². The number of carbonyl (C=O) groups is 3. The van der Waals surface area contributed by atoms with Crippen LogP contribution in [-0.4, -0.2) is 30.2 Å². The largest absolute Gasteiger partial charge is 0.494 e. The Labute approximate surface area is 159 Å². The topological polar surface area (TPSA) is 69.7 Å². The van der Waals surface area contributed by atoms with Crippen molar-refractivity contribution >= 4 is 17.5 Å². The SMILES string of the molecule is CCCOc1ccc(C(=O)CCC(=O)OC(C)C(=O)c2ccccc2)cc1. The maximum atomic E-state index is 12.2. The summed E-state index contributed by atoms with van der Waals surface area (Å²) in [5, 5.41) is 0. The van der Waals surface area contributed by atoms with Crippen LogP contribution in [0.5, 0.6) is 5.75 Å². The van der Waals surface area contributed by atoms with Gasteiger partial charge in [-0.1, -0.05) is 37.3 Å². The summed E-state index contributed by atoms with van der Waals surface area (Å²) in [6.07, 6.45) is -0.0156. The van der Waals surface area contributed by atoms with Crippen molar-refractivity contribution in [3.05, 3.63) is 65.7 Å². The van der Waals surface area contributed by atoms with Gasteiger partial charge in [0.1, 0.15) is 5.75 Å². The molecule has 2 aromatic rings. The van der Waals surface area contributed by atoms with E-state index in [1.807, 2.05) is 13.0 Å². The van der Waals surface area contributed by atoms with E-state index in [4.69, 9.17) is 9.47 Å². The molecule has 0 radical (unpaired) electrons. The Kier molecular flexibility index (Phi) is 7.74. The zero-order chi connectivity index (χ0) is 19.6. The Morgan fingerprint density at radius 1 is 0.889 bits per heavy atom. The Hall–Kier alpha value is -2.95. The molecule has 0 saturated heterocycles. The molecule has 5 heteroatoms. The van der Waals surface area contributed by atoms with Gasteiger partial charge in [0.25, 0.3) is 0 Å². The Morgan fingerprint density at radius 2 is 1.56 bits per heavy atom. The fraction of sp³-hybridized carbons (Fsp3) is 0.318. The summed E-state index contributed by atoms with van der Waals surface area (Å²) in [7, 11) is 0. The normalized spacial score (nSPS) is 11.5. The number of benzene rings is 2. The maximum absolute atomic E-state index is 12.2. The summed E-state index contributed by atoms with van der Waals surface area (Å²) in [6.45, 7) is 4.17. The minimum atomic E-state index is -0.884. The van der Waals surface area contributed by atoms with E-state index in [1.165, 1.54) is 6.92 Å². The molecule has 142 valence electrons. The van der Waals surface area contributed by atoms with E-state index in [0.717, 1.165) is 6.42 Å². The van der Waals surface area contributed by atoms with Gasteiger partial charge >= 0.3 is 5.97 Å². The van der Waals surface area contributed by atoms with Crippen molar-refractivity contribution in [1.29, 1.82) is 0 Å². The molecular weight excluding hydrogens is 344 g/mol. The third-order valence-electron chi connectivity index (χ3n) is 3.94. The van der Waals surface area contributed by atoms with Crippen LogP contribution in [0.4, 0.5) is 0 Å². The maximum Gasteiger partial charge on any atom is 0.306 e. The van der Waals surface area contributed by atoms with Crippen molar-refractivity contribution in [1.82, 2.24) is 0 Å². The Balaban J connectivity index is 1.80. The lowest BCUT2D eigenvalue weighted by Crippen LogP contribution is -2.24. The number of esters is 1. The number of carbonyl (C=O) groups excluding carboxylic acids is 3. The van der Waals surface area contributed by atoms with Crippen LogP contribution >= 0.6 is 0 Å². The van der Waals surface area contributed by atoms with E-state index in [1.54, 1.807) is 48.5 Å². The summed E-state index contributed by atoms with van der Waals surface area (Å²) in [4.78, 5) is 36.3. The van der Waals surface area contributed by atoms with Crippen LogP contribution in [0.25, 0.3) is 0 Å². The monoisotopic (exact) mass is 368 g/mol. The summed E-state index contributed by atoms with van der Waals surface area (Å²) < 4.78 is 10.6. The number of ketones is 2. The van der Waals surface area contributed by atoms with Gasteiger partial charge in [0.2, 0.25) is 5.78 Å². The van der Waals surface area contributed by atoms with E-state index in [9.17, 15) is 14.4 Å². The number of hydrogen-bond acceptors (Lipinski definition) is 5. The molecule has 5 nitrogen and oxygen atoms in total. The summed E-state index contributed by atoms with van der Waals surface area (Å²) in [5.74, 6) is -0.280.